The third-order valence-corrected chi connectivity index (χ3v) is 7.21. The summed E-state index contributed by atoms with van der Waals surface area (Å²) in [6.07, 6.45) is 2.16. The summed E-state index contributed by atoms with van der Waals surface area (Å²) in [6, 6.07) is 16.9. The molecule has 0 atom stereocenters. The Morgan fingerprint density at radius 3 is 2.03 bits per heavy atom. The molecular formula is C30H33F2NNaO5. The van der Waals surface area contributed by atoms with Crippen LogP contribution in [0.2, 0.25) is 0 Å². The Morgan fingerprint density at radius 2 is 1.51 bits per heavy atom. The van der Waals surface area contributed by atoms with Crippen LogP contribution in [0.25, 0.3) is 0 Å². The van der Waals surface area contributed by atoms with Gasteiger partial charge < -0.3 is 24.6 Å². The van der Waals surface area contributed by atoms with Crippen molar-refractivity contribution in [2.45, 2.75) is 31.3 Å². The fourth-order valence-electron chi connectivity index (χ4n) is 5.21. The molecule has 2 N–H and O–H groups in total. The first kappa shape index (κ1) is 31.0. The molecule has 203 valence electrons. The van der Waals surface area contributed by atoms with E-state index in [-0.39, 0.29) is 53.5 Å². The van der Waals surface area contributed by atoms with Crippen molar-refractivity contribution in [2.75, 3.05) is 33.4 Å². The maximum Gasteiger partial charge on any atom is 0.307 e. The minimum atomic E-state index is -1.35. The quantitative estimate of drug-likeness (QED) is 0.269. The Hall–Kier alpha value is -2.49. The number of halogens is 2. The largest absolute Gasteiger partial charge is 0.493 e. The monoisotopic (exact) mass is 548 g/mol. The number of ether oxygens (including phenoxy) is 2. The van der Waals surface area contributed by atoms with Crippen LogP contribution in [-0.2, 0) is 16.8 Å². The molecular weight excluding hydrogens is 515 g/mol. The summed E-state index contributed by atoms with van der Waals surface area (Å²) < 4.78 is 38.5. The van der Waals surface area contributed by atoms with E-state index in [0.717, 1.165) is 38.9 Å². The van der Waals surface area contributed by atoms with Crippen LogP contribution >= 0.6 is 0 Å². The molecule has 39 heavy (non-hydrogen) atoms. The van der Waals surface area contributed by atoms with Gasteiger partial charge in [0.05, 0.1) is 20.1 Å². The predicted molar refractivity (Wildman–Crippen MR) is 145 cm³/mol. The molecule has 0 bridgehead atoms. The van der Waals surface area contributed by atoms with Crippen molar-refractivity contribution in [3.8, 4) is 11.5 Å². The zero-order valence-corrected chi connectivity index (χ0v) is 24.4. The first-order valence-electron chi connectivity index (χ1n) is 12.8. The second-order valence-corrected chi connectivity index (χ2v) is 9.65. The second kappa shape index (κ2) is 14.2. The number of benzene rings is 3. The Balaban J connectivity index is 0.00000420. The molecule has 1 aliphatic heterocycles. The van der Waals surface area contributed by atoms with Crippen LogP contribution in [-0.4, -0.2) is 84.0 Å². The van der Waals surface area contributed by atoms with Crippen molar-refractivity contribution < 1.29 is 33.3 Å². The molecule has 1 fully saturated rings. The van der Waals surface area contributed by atoms with E-state index in [1.165, 1.54) is 31.4 Å². The Bertz CT molecular complexity index is 1170. The van der Waals surface area contributed by atoms with Crippen LogP contribution in [0.15, 0.2) is 66.7 Å². The van der Waals surface area contributed by atoms with Crippen LogP contribution in [0.1, 0.15) is 36.0 Å². The van der Waals surface area contributed by atoms with Gasteiger partial charge in [0.1, 0.15) is 17.2 Å². The van der Waals surface area contributed by atoms with E-state index in [0.29, 0.717) is 34.8 Å². The summed E-state index contributed by atoms with van der Waals surface area (Å²) in [5.41, 5.74) is 0.493. The number of piperidine rings is 1. The number of carboxylic acid groups (broad SMARTS) is 1. The van der Waals surface area contributed by atoms with Gasteiger partial charge in [-0.25, -0.2) is 8.78 Å². The molecule has 0 aromatic heterocycles. The van der Waals surface area contributed by atoms with Crippen LogP contribution in [0.5, 0.6) is 11.5 Å². The van der Waals surface area contributed by atoms with Crippen LogP contribution < -0.4 is 9.47 Å². The number of aliphatic hydroxyl groups is 1. The van der Waals surface area contributed by atoms with E-state index in [9.17, 15) is 18.7 Å². The number of nitrogens with zero attached hydrogens (tertiary/aromatic N) is 1. The zero-order chi connectivity index (χ0) is 27.1. The second-order valence-electron chi connectivity index (χ2n) is 9.65. The average Bonchev–Trinajstić information content (AvgIpc) is 2.92. The van der Waals surface area contributed by atoms with E-state index in [1.807, 2.05) is 0 Å². The van der Waals surface area contributed by atoms with Gasteiger partial charge in [0.15, 0.2) is 11.5 Å². The summed E-state index contributed by atoms with van der Waals surface area (Å²) in [6.45, 7) is 2.85. The molecule has 1 aliphatic rings. The molecule has 1 radical (unpaired) electrons. The van der Waals surface area contributed by atoms with E-state index in [4.69, 9.17) is 14.6 Å². The number of carbonyl (C=O) groups is 1. The molecule has 9 heteroatoms. The minimum absolute atomic E-state index is 0. The van der Waals surface area contributed by atoms with E-state index in [2.05, 4.69) is 4.90 Å². The number of hydrogen-bond acceptors (Lipinski definition) is 5. The number of likely N-dealkylation sites (tertiary alicyclic amines) is 1. The third-order valence-electron chi connectivity index (χ3n) is 7.21. The zero-order valence-electron chi connectivity index (χ0n) is 22.4. The number of carboxylic acids is 1. The van der Waals surface area contributed by atoms with Crippen molar-refractivity contribution in [2.24, 2.45) is 5.92 Å². The fraction of sp³-hybridized carbons (Fsp3) is 0.367. The molecule has 1 heterocycles. The van der Waals surface area contributed by atoms with Gasteiger partial charge in [-0.15, -0.1) is 0 Å². The maximum atomic E-state index is 13.6. The maximum absolute atomic E-state index is 13.6. The standard InChI is InChI=1S/C30H33F2NO5.Na/c1-37-28-19-21(20-29(34)35)3-12-27(28)38-18-2-15-33-16-13-24(14-17-33)30(36,22-4-8-25(31)9-5-22)23-6-10-26(32)11-7-23;/h3-12,19,24,36H,2,13-18,20H2,1H3,(H,34,35);. The van der Waals surface area contributed by atoms with Gasteiger partial charge in [-0.3, -0.25) is 4.79 Å². The van der Waals surface area contributed by atoms with E-state index in [1.54, 1.807) is 42.5 Å². The molecule has 0 amide bonds. The number of rotatable bonds is 11. The molecule has 0 saturated carbocycles. The molecule has 3 aromatic carbocycles. The van der Waals surface area contributed by atoms with Gasteiger partial charge >= 0.3 is 5.97 Å². The summed E-state index contributed by atoms with van der Waals surface area (Å²) in [7, 11) is 1.52. The van der Waals surface area contributed by atoms with Crippen molar-refractivity contribution >= 4 is 35.5 Å². The summed E-state index contributed by atoms with van der Waals surface area (Å²) in [5.74, 6) is -0.686. The summed E-state index contributed by atoms with van der Waals surface area (Å²) in [5, 5.41) is 21.0. The van der Waals surface area contributed by atoms with E-state index < -0.39 is 11.6 Å². The first-order valence-corrected chi connectivity index (χ1v) is 12.8. The average molecular weight is 549 g/mol. The molecule has 4 rings (SSSR count). The van der Waals surface area contributed by atoms with E-state index >= 15 is 0 Å². The van der Waals surface area contributed by atoms with Crippen LogP contribution in [0, 0.1) is 17.6 Å². The molecule has 6 nitrogen and oxygen atoms in total. The van der Waals surface area contributed by atoms with Crippen molar-refractivity contribution in [1.82, 2.24) is 4.90 Å². The smallest absolute Gasteiger partial charge is 0.307 e. The first-order chi connectivity index (χ1) is 18.3. The summed E-state index contributed by atoms with van der Waals surface area (Å²) in [4.78, 5) is 13.3. The Labute approximate surface area is 249 Å². The fourth-order valence-corrected chi connectivity index (χ4v) is 5.21. The molecule has 0 unspecified atom stereocenters. The minimum Gasteiger partial charge on any atom is -0.493 e. The topological polar surface area (TPSA) is 79.2 Å². The predicted octanol–water partition coefficient (Wildman–Crippen LogP) is 4.64. The Morgan fingerprint density at radius 1 is 0.949 bits per heavy atom. The SMILES string of the molecule is COc1cc(CC(=O)O)ccc1OCCCN1CCC(C(O)(c2ccc(F)cc2)c2ccc(F)cc2)CC1.[Na]. The van der Waals surface area contributed by atoms with Gasteiger partial charge in [-0.1, -0.05) is 30.3 Å². The normalized spacial score (nSPS) is 14.5. The molecule has 0 spiro atoms. The summed E-state index contributed by atoms with van der Waals surface area (Å²) >= 11 is 0. The van der Waals surface area contributed by atoms with Gasteiger partial charge in [0.2, 0.25) is 0 Å². The molecule has 3 aromatic rings. The molecule has 0 aliphatic carbocycles. The van der Waals surface area contributed by atoms with Crippen LogP contribution in [0.4, 0.5) is 8.78 Å². The van der Waals surface area contributed by atoms with Gasteiger partial charge in [0.25, 0.3) is 0 Å². The third kappa shape index (κ3) is 7.80. The van der Waals surface area contributed by atoms with Crippen molar-refractivity contribution in [3.05, 3.63) is 95.1 Å². The van der Waals surface area contributed by atoms with Crippen molar-refractivity contribution in [1.29, 1.82) is 0 Å². The van der Waals surface area contributed by atoms with Gasteiger partial charge in [-0.05, 0) is 91.4 Å². The van der Waals surface area contributed by atoms with Crippen molar-refractivity contribution in [3.63, 3.8) is 0 Å². The number of aliphatic carboxylic acids is 1. The molecule has 1 saturated heterocycles. The Kier molecular flexibility index (Phi) is 11.3. The van der Waals surface area contributed by atoms with Crippen LogP contribution in [0.3, 0.4) is 0 Å². The van der Waals surface area contributed by atoms with Gasteiger partial charge in [-0.2, -0.15) is 0 Å². The number of hydrogen-bond donors (Lipinski definition) is 2. The van der Waals surface area contributed by atoms with Gasteiger partial charge in [0, 0.05) is 36.1 Å². The number of methoxy groups -OCH3 is 1.